The highest BCUT2D eigenvalue weighted by Crippen LogP contribution is 2.41. The smallest absolute Gasteiger partial charge is 0.387 e. The molecule has 0 spiro atoms. The third kappa shape index (κ3) is 33.6. The lowest BCUT2D eigenvalue weighted by Crippen LogP contribution is -2.36. The second-order valence-electron chi connectivity index (χ2n) is 28.4. The summed E-state index contributed by atoms with van der Waals surface area (Å²) in [7, 11) is 0. The second-order valence-corrected chi connectivity index (χ2v) is 35.2. The standard InChI is InChI=1S/C30H28Cl2F2N2O6S.C18H17Cl2F2NO3.C14H17NO3S.C12H13NO3S.C7H13NO2S.C7H6O2.H2O/c31-22-15-35(39)16-23(32)21(22)13-25(20-8-9-24(42-30(33)34)26(12-20)40-17-18-6-7-18)41-28(37)14-27-36(10-11-43-27)29(38)19-4-2-1-3-5-19;19-13-7-23-8-14(20)12(13)6-15(24)11-3-4-16(26-18(21)22)17(5-11)25-9-10-1-2-10;1-2-18-13(16)10-12-15(8-9-19-12)14(17)11-6-4-3-5-7-11;14-11(15)8-10-13(6-7-17-10)12(16)9-4-2-1-3-5-9;1-2-10-7(9)5-6-8-3-4-11-6;8-7(9)6-4-2-1-3-5-6;/h1-5,8-9,12,15-16,18,25,27,30H,6-7,10-11,13-14,17H2;3-5,7-8,10,15,18,24H,1-2,6,9H2;3-7,12H,2,8-10H2,1H3;1-5,10H,6-8H2,(H,14,15);6,8H,2-5H2,1H3;1-5H,(H,8,9);1H2/t25-,27?;15-;;;;;/m00...../s1. The maximum Gasteiger partial charge on any atom is 0.387 e. The fraction of sp³-hybridized carbons (Fsp3) is 0.386. The van der Waals surface area contributed by atoms with Crippen LogP contribution < -0.4 is 34.0 Å². The lowest BCUT2D eigenvalue weighted by Gasteiger charge is -2.25. The molecule has 2 aliphatic carbocycles. The molecule has 4 aliphatic heterocycles. The molecule has 6 fully saturated rings. The van der Waals surface area contributed by atoms with Crippen LogP contribution in [0.5, 0.6) is 23.0 Å². The Bertz CT molecular complexity index is 4800. The molecule has 26 nitrogen and oxygen atoms in total. The molecule has 3 amide bonds. The number of carbonyl (C=O) groups is 8. The zero-order valence-electron chi connectivity index (χ0n) is 68.4. The van der Waals surface area contributed by atoms with E-state index in [1.54, 1.807) is 136 Å². The number of carboxylic acid groups (broad SMARTS) is 2. The van der Waals surface area contributed by atoms with Crippen LogP contribution in [0.2, 0.25) is 20.1 Å². The number of pyridine rings is 2. The Kier molecular flexibility index (Phi) is 42.7. The number of aliphatic hydroxyl groups excluding tert-OH is 1. The normalized spacial score (nSPS) is 17.0. The first-order chi connectivity index (χ1) is 60.1. The highest BCUT2D eigenvalue weighted by Gasteiger charge is 2.37. The van der Waals surface area contributed by atoms with Gasteiger partial charge in [0.15, 0.2) is 47.8 Å². The largest absolute Gasteiger partial charge is 0.870 e. The number of esters is 3. The number of carbonyl (C=O) groups excluding carboxylic acids is 6. The third-order valence-corrected chi connectivity index (χ3v) is 25.4. The lowest BCUT2D eigenvalue weighted by molar-refractivity contribution is -0.605. The van der Waals surface area contributed by atoms with E-state index in [9.17, 15) is 66.2 Å². The average molecular weight is 1900 g/mol. The number of aromatic nitrogens is 2. The Morgan fingerprint density at radius 3 is 1.29 bits per heavy atom. The summed E-state index contributed by atoms with van der Waals surface area (Å²) in [6.45, 7) is 2.02. The first-order valence-corrected chi connectivity index (χ1v) is 45.7. The van der Waals surface area contributed by atoms with Gasteiger partial charge in [0.25, 0.3) is 17.7 Å². The van der Waals surface area contributed by atoms with Crippen molar-refractivity contribution >= 4 is 141 Å². The predicted molar refractivity (Wildman–Crippen MR) is 472 cm³/mol. The van der Waals surface area contributed by atoms with Gasteiger partial charge >= 0.3 is 43.1 Å². The SMILES string of the molecule is CCOC(=O)CC1NCCS1.CCOC(=O)CC1SCCN1C(=O)c1ccccc1.O=C(CC1SCCN1C(=O)c1ccccc1)O[C@@H](Cc1c(Cl)c[n+]([O-])cc1Cl)c1ccc(OC(F)F)c(OCC2CC2)c1.O=C(O)CC1SCCN1C(=O)c1ccccc1.O=C(O)c1ccccc1.O[C@@H](Cc1c(Cl)c[nH+]cc1Cl)c1ccc(OC(F)F)c(OCC2CC2)c1.[OH-]. The second kappa shape index (κ2) is 52.7. The summed E-state index contributed by atoms with van der Waals surface area (Å²) in [5.41, 5.74) is 4.00. The number of nitrogens with zero attached hydrogens (tertiary/aromatic N) is 4. The number of ether oxygens (including phenoxy) is 7. The summed E-state index contributed by atoms with van der Waals surface area (Å²) in [5.74, 6) is 1.33. The number of rotatable bonds is 31. The molecule has 0 radical (unpaired) electrons. The van der Waals surface area contributed by atoms with Crippen molar-refractivity contribution in [3.63, 3.8) is 0 Å². The van der Waals surface area contributed by atoms with Crippen molar-refractivity contribution in [3.05, 3.63) is 252 Å². The van der Waals surface area contributed by atoms with Gasteiger partial charge in [-0.2, -0.15) is 22.3 Å². The van der Waals surface area contributed by atoms with Gasteiger partial charge in [-0.1, -0.05) is 131 Å². The first kappa shape index (κ1) is 102. The molecule has 6 N–H and O–H groups in total. The molecule has 2 saturated carbocycles. The van der Waals surface area contributed by atoms with Gasteiger partial charge in [-0.3, -0.25) is 33.6 Å². The zero-order chi connectivity index (χ0) is 89.9. The molecule has 0 bridgehead atoms. The molecule has 6 atom stereocenters. The molecule has 38 heteroatoms. The molecular weight excluding hydrogens is 1810 g/mol. The van der Waals surface area contributed by atoms with E-state index in [0.717, 1.165) is 61.9 Å². The van der Waals surface area contributed by atoms with Gasteiger partial charge < -0.3 is 79.2 Å². The van der Waals surface area contributed by atoms with Crippen LogP contribution in [0, 0.1) is 17.0 Å². The van der Waals surface area contributed by atoms with E-state index in [-0.39, 0.29) is 116 Å². The van der Waals surface area contributed by atoms with E-state index in [1.807, 2.05) is 49.4 Å². The minimum Gasteiger partial charge on any atom is -0.870 e. The molecular formula is C88H96Cl4F4N6O20S4. The number of nitrogens with one attached hydrogen (secondary N) is 2. The maximum atomic E-state index is 13.4. The van der Waals surface area contributed by atoms with Crippen LogP contribution in [-0.4, -0.2) is 193 Å². The van der Waals surface area contributed by atoms with Gasteiger partial charge in [-0.05, 0) is 135 Å². The molecule has 14 rings (SSSR count). The maximum absolute atomic E-state index is 13.4. The van der Waals surface area contributed by atoms with Crippen molar-refractivity contribution in [2.24, 2.45) is 11.8 Å². The minimum atomic E-state index is -3.06. The fourth-order valence-electron chi connectivity index (χ4n) is 12.6. The van der Waals surface area contributed by atoms with Crippen LogP contribution in [-0.2, 0) is 46.2 Å². The Labute approximate surface area is 763 Å². The summed E-state index contributed by atoms with van der Waals surface area (Å²) in [6.07, 6.45) is 8.40. The number of hydrogen-bond donors (Lipinski definition) is 4. The van der Waals surface area contributed by atoms with Crippen molar-refractivity contribution in [1.29, 1.82) is 0 Å². The van der Waals surface area contributed by atoms with Crippen LogP contribution in [0.4, 0.5) is 17.6 Å². The molecule has 678 valence electrons. The van der Waals surface area contributed by atoms with E-state index in [4.69, 9.17) is 80.3 Å². The number of carboxylic acids is 2. The van der Waals surface area contributed by atoms with Crippen LogP contribution in [0.15, 0.2) is 183 Å². The van der Waals surface area contributed by atoms with E-state index in [0.29, 0.717) is 129 Å². The highest BCUT2D eigenvalue weighted by molar-refractivity contribution is 8.00. The first-order valence-electron chi connectivity index (χ1n) is 40.0. The van der Waals surface area contributed by atoms with Crippen molar-refractivity contribution in [3.8, 4) is 23.0 Å². The summed E-state index contributed by atoms with van der Waals surface area (Å²) >= 11 is 31.3. The molecule has 6 heterocycles. The number of halogens is 8. The van der Waals surface area contributed by atoms with E-state index in [2.05, 4.69) is 19.8 Å². The van der Waals surface area contributed by atoms with E-state index in [1.165, 1.54) is 59.9 Å². The number of aromatic carboxylic acids is 1. The van der Waals surface area contributed by atoms with Crippen molar-refractivity contribution in [1.82, 2.24) is 20.0 Å². The molecule has 126 heavy (non-hydrogen) atoms. The molecule has 8 aromatic rings. The quantitative estimate of drug-likeness (QED) is 0.0103. The van der Waals surface area contributed by atoms with Crippen molar-refractivity contribution in [2.45, 2.75) is 125 Å². The van der Waals surface area contributed by atoms with Gasteiger partial charge in [-0.25, -0.2) is 9.78 Å². The van der Waals surface area contributed by atoms with Crippen LogP contribution in [0.3, 0.4) is 0 Å². The Morgan fingerprint density at radius 2 is 0.905 bits per heavy atom. The van der Waals surface area contributed by atoms with E-state index < -0.39 is 48.7 Å². The number of aliphatic hydroxyl groups is 1. The Balaban J connectivity index is 0.000000203. The summed E-state index contributed by atoms with van der Waals surface area (Å²) in [4.78, 5) is 102. The summed E-state index contributed by atoms with van der Waals surface area (Å²) < 4.78 is 88.2. The van der Waals surface area contributed by atoms with Crippen LogP contribution in [0.25, 0.3) is 0 Å². The summed E-state index contributed by atoms with van der Waals surface area (Å²) in [5, 5.41) is 43.2. The zero-order valence-corrected chi connectivity index (χ0v) is 74.7. The van der Waals surface area contributed by atoms with Crippen LogP contribution in [0.1, 0.15) is 141 Å². The van der Waals surface area contributed by atoms with Gasteiger partial charge in [-0.15, -0.1) is 47.0 Å². The Hall–Kier alpha value is -9.46. The van der Waals surface area contributed by atoms with Gasteiger partial charge in [0, 0.05) is 89.8 Å². The van der Waals surface area contributed by atoms with Gasteiger partial charge in [0.1, 0.15) is 26.2 Å². The minimum absolute atomic E-state index is 0. The monoisotopic (exact) mass is 1900 g/mol. The molecule has 6 aliphatic rings. The number of benzene rings is 6. The number of alkyl halides is 4. The average Bonchev–Trinajstić information content (AvgIpc) is 1.10. The van der Waals surface area contributed by atoms with Gasteiger partial charge in [0.2, 0.25) is 0 Å². The summed E-state index contributed by atoms with van der Waals surface area (Å²) in [6, 6.07) is 44.0. The van der Waals surface area contributed by atoms with E-state index >= 15 is 0 Å². The number of amides is 3. The molecule has 6 aromatic carbocycles. The number of thioether (sulfide) groups is 4. The van der Waals surface area contributed by atoms with Crippen molar-refractivity contribution < 1.29 is 120 Å². The number of hydrogen-bond acceptors (Lipinski definition) is 23. The molecule has 4 saturated heterocycles. The molecule has 4 unspecified atom stereocenters. The topological polar surface area (TPSA) is 355 Å². The van der Waals surface area contributed by atoms with Crippen molar-refractivity contribution in [2.75, 3.05) is 75.6 Å². The number of aromatic amines is 1. The molecule has 2 aromatic heterocycles. The highest BCUT2D eigenvalue weighted by atomic mass is 35.5. The third-order valence-electron chi connectivity index (χ3n) is 19.2. The lowest BCUT2D eigenvalue weighted by atomic mass is 10.0. The number of aliphatic carboxylic acids is 1. The van der Waals surface area contributed by atoms with Gasteiger partial charge in [0.05, 0.1) is 85.3 Å². The van der Waals surface area contributed by atoms with Crippen LogP contribution >= 0.6 is 93.5 Å². The predicted octanol–water partition coefficient (Wildman–Crippen LogP) is 16.6. The fourth-order valence-corrected chi connectivity index (χ4v) is 18.4. The Morgan fingerprint density at radius 1 is 0.508 bits per heavy atom. The number of H-pyrrole nitrogens is 1.